The van der Waals surface area contributed by atoms with Crippen molar-refractivity contribution < 1.29 is 23.7 Å². The molecule has 204 valence electrons. The fourth-order valence-electron chi connectivity index (χ4n) is 4.08. The lowest BCUT2D eigenvalue weighted by atomic mass is 9.97. The molecule has 0 N–H and O–H groups in total. The van der Waals surface area contributed by atoms with Crippen LogP contribution in [0.25, 0.3) is 6.08 Å². The number of nitrogens with zero attached hydrogens (tertiary/aromatic N) is 2. The Morgan fingerprint density at radius 1 is 1.18 bits per heavy atom. The van der Waals surface area contributed by atoms with Gasteiger partial charge in [-0.15, -0.1) is 0 Å². The number of methoxy groups -OCH3 is 1. The molecule has 1 aliphatic rings. The van der Waals surface area contributed by atoms with Gasteiger partial charge in [0.15, 0.2) is 16.3 Å². The molecule has 0 spiro atoms. The van der Waals surface area contributed by atoms with Crippen molar-refractivity contribution in [2.75, 3.05) is 26.9 Å². The van der Waals surface area contributed by atoms with Gasteiger partial charge >= 0.3 is 5.97 Å². The van der Waals surface area contributed by atoms with Crippen LogP contribution < -0.4 is 29.1 Å². The number of esters is 1. The second-order valence-corrected chi connectivity index (χ2v) is 11.2. The molecule has 4 rings (SSSR count). The van der Waals surface area contributed by atoms with Crippen molar-refractivity contribution in [2.24, 2.45) is 4.99 Å². The summed E-state index contributed by atoms with van der Waals surface area (Å²) in [5.41, 5.74) is 1.44. The summed E-state index contributed by atoms with van der Waals surface area (Å²) in [6.45, 7) is 8.73. The van der Waals surface area contributed by atoms with E-state index in [0.29, 0.717) is 52.0 Å². The van der Waals surface area contributed by atoms with Crippen LogP contribution >= 0.6 is 49.9 Å². The zero-order chi connectivity index (χ0) is 28.1. The molecule has 0 fully saturated rings. The van der Waals surface area contributed by atoms with Gasteiger partial charge in [0, 0.05) is 6.20 Å². The third-order valence-electron chi connectivity index (χ3n) is 5.67. The topological polar surface area (TPSA) is 88.3 Å². The van der Waals surface area contributed by atoms with Gasteiger partial charge < -0.3 is 18.9 Å². The molecule has 1 aliphatic heterocycles. The van der Waals surface area contributed by atoms with Gasteiger partial charge in [0.1, 0.15) is 12.4 Å². The number of aromatic nitrogens is 1. The molecule has 11 heteroatoms. The molecule has 1 atom stereocenters. The molecule has 0 amide bonds. The van der Waals surface area contributed by atoms with Crippen LogP contribution in [0.15, 0.2) is 69.0 Å². The molecular weight excluding hydrogens is 699 g/mol. The molecular formula is C28H26BrIN2O6S. The van der Waals surface area contributed by atoms with E-state index in [1.54, 1.807) is 24.3 Å². The highest BCUT2D eigenvalue weighted by Crippen LogP contribution is 2.35. The van der Waals surface area contributed by atoms with E-state index < -0.39 is 12.0 Å². The number of rotatable bonds is 10. The fourth-order valence-corrected chi connectivity index (χ4v) is 6.82. The third kappa shape index (κ3) is 6.15. The Balaban J connectivity index is 1.86. The summed E-state index contributed by atoms with van der Waals surface area (Å²) in [7, 11) is 1.30. The normalized spacial score (nSPS) is 14.6. The highest BCUT2D eigenvalue weighted by Gasteiger charge is 2.31. The Kier molecular flexibility index (Phi) is 9.67. The third-order valence-corrected chi connectivity index (χ3v) is 8.06. The summed E-state index contributed by atoms with van der Waals surface area (Å²) in [6, 6.07) is 8.45. The van der Waals surface area contributed by atoms with Gasteiger partial charge in [-0.3, -0.25) is 9.36 Å². The first-order chi connectivity index (χ1) is 18.8. The van der Waals surface area contributed by atoms with E-state index in [9.17, 15) is 9.59 Å². The predicted octanol–water partition coefficient (Wildman–Crippen LogP) is 4.75. The van der Waals surface area contributed by atoms with Gasteiger partial charge in [0.2, 0.25) is 0 Å². The minimum Gasteiger partial charge on any atom is -0.490 e. The molecule has 0 bridgehead atoms. The van der Waals surface area contributed by atoms with Gasteiger partial charge in [-0.25, -0.2) is 9.79 Å². The first-order valence-corrected chi connectivity index (χ1v) is 14.7. The second kappa shape index (κ2) is 13.0. The lowest BCUT2D eigenvalue weighted by molar-refractivity contribution is -0.136. The van der Waals surface area contributed by atoms with Crippen molar-refractivity contribution in [2.45, 2.75) is 19.9 Å². The van der Waals surface area contributed by atoms with E-state index in [4.69, 9.17) is 18.9 Å². The first-order valence-electron chi connectivity index (χ1n) is 12.0. The van der Waals surface area contributed by atoms with Crippen LogP contribution in [0, 0.1) is 3.57 Å². The number of halogens is 2. The SMILES string of the molecule is C=CCOc1c(Br)cc(/C=c2\sc3n(c2=O)[C@@H](c2ccc(OCC)c(OCC)c2)C(C(=O)OC)=CN=3)cc1I. The van der Waals surface area contributed by atoms with Gasteiger partial charge in [-0.2, -0.15) is 0 Å². The maximum Gasteiger partial charge on any atom is 0.337 e. The standard InChI is InChI=1S/C28H26BrIN2O6S/c1-5-10-38-25-19(29)11-16(12-20(25)30)13-23-26(33)32-24(18(27(34)35-4)15-31-28(32)39-23)17-8-9-21(36-6-2)22(14-17)37-7-3/h5,8-9,11-15,24H,1,6-7,10H2,2-4H3/b23-13-/t24-/m0/s1. The number of fused-ring (bicyclic) bond motifs is 1. The summed E-state index contributed by atoms with van der Waals surface area (Å²) in [4.78, 5) is 31.5. The zero-order valence-electron chi connectivity index (χ0n) is 21.5. The number of benzene rings is 2. The molecule has 1 aromatic heterocycles. The highest BCUT2D eigenvalue weighted by atomic mass is 127. The van der Waals surface area contributed by atoms with Crippen molar-refractivity contribution >= 4 is 61.9 Å². The van der Waals surface area contributed by atoms with Gasteiger partial charge in [0.25, 0.3) is 5.56 Å². The molecule has 8 nitrogen and oxygen atoms in total. The molecule has 0 saturated heterocycles. The van der Waals surface area contributed by atoms with E-state index in [1.165, 1.54) is 29.2 Å². The van der Waals surface area contributed by atoms with Crippen molar-refractivity contribution in [1.82, 2.24) is 4.57 Å². The van der Waals surface area contributed by atoms with Gasteiger partial charge in [-0.05, 0) is 93.8 Å². The molecule has 0 unspecified atom stereocenters. The lowest BCUT2D eigenvalue weighted by Gasteiger charge is -2.23. The number of carbonyl (C=O) groups excluding carboxylic acids is 1. The quantitative estimate of drug-likeness (QED) is 0.171. The largest absolute Gasteiger partial charge is 0.490 e. The van der Waals surface area contributed by atoms with Crippen LogP contribution in [-0.2, 0) is 9.53 Å². The minimum absolute atomic E-state index is 0.240. The van der Waals surface area contributed by atoms with Crippen LogP contribution in [0.4, 0.5) is 0 Å². The summed E-state index contributed by atoms with van der Waals surface area (Å²) in [5.74, 6) is 1.24. The van der Waals surface area contributed by atoms with Gasteiger partial charge in [0.05, 0.1) is 44.5 Å². The molecule has 2 heterocycles. The number of carbonyl (C=O) groups is 1. The predicted molar refractivity (Wildman–Crippen MR) is 162 cm³/mol. The van der Waals surface area contributed by atoms with E-state index in [1.807, 2.05) is 32.0 Å². The molecule has 0 aliphatic carbocycles. The van der Waals surface area contributed by atoms with Crippen molar-refractivity contribution in [3.8, 4) is 17.2 Å². The Hall–Kier alpha value is -2.90. The van der Waals surface area contributed by atoms with Crippen LogP contribution in [0.5, 0.6) is 17.2 Å². The van der Waals surface area contributed by atoms with Crippen LogP contribution in [0.2, 0.25) is 0 Å². The number of hydrogen-bond donors (Lipinski definition) is 0. The summed E-state index contributed by atoms with van der Waals surface area (Å²) in [5, 5.41) is 0. The average molecular weight is 725 g/mol. The van der Waals surface area contributed by atoms with Crippen molar-refractivity contribution in [1.29, 1.82) is 0 Å². The van der Waals surface area contributed by atoms with Gasteiger partial charge in [-0.1, -0.05) is 30.1 Å². The minimum atomic E-state index is -0.757. The molecule has 2 aromatic carbocycles. The Morgan fingerprint density at radius 2 is 1.92 bits per heavy atom. The second-order valence-electron chi connectivity index (χ2n) is 8.16. The molecule has 0 radical (unpaired) electrons. The van der Waals surface area contributed by atoms with Crippen molar-refractivity contribution in [3.05, 3.63) is 93.6 Å². The number of ether oxygens (including phenoxy) is 4. The maximum absolute atomic E-state index is 13.8. The van der Waals surface area contributed by atoms with Crippen LogP contribution in [-0.4, -0.2) is 37.5 Å². The van der Waals surface area contributed by atoms with Crippen LogP contribution in [0.3, 0.4) is 0 Å². The number of thiazole rings is 1. The Bertz CT molecular complexity index is 1600. The van der Waals surface area contributed by atoms with Crippen molar-refractivity contribution in [3.63, 3.8) is 0 Å². The first kappa shape index (κ1) is 29.1. The van der Waals surface area contributed by atoms with E-state index in [0.717, 1.165) is 13.6 Å². The van der Waals surface area contributed by atoms with E-state index in [-0.39, 0.29) is 11.1 Å². The number of hydrogen-bond acceptors (Lipinski definition) is 8. The lowest BCUT2D eigenvalue weighted by Crippen LogP contribution is -2.39. The zero-order valence-corrected chi connectivity index (χ0v) is 26.1. The summed E-state index contributed by atoms with van der Waals surface area (Å²) < 4.78 is 25.9. The summed E-state index contributed by atoms with van der Waals surface area (Å²) >= 11 is 7.00. The molecule has 39 heavy (non-hydrogen) atoms. The average Bonchev–Trinajstić information content (AvgIpc) is 3.23. The van der Waals surface area contributed by atoms with E-state index >= 15 is 0 Å². The maximum atomic E-state index is 13.8. The smallest absolute Gasteiger partial charge is 0.337 e. The fraction of sp³-hybridized carbons (Fsp3) is 0.250. The summed E-state index contributed by atoms with van der Waals surface area (Å²) in [6.07, 6.45) is 4.95. The Labute approximate surface area is 251 Å². The molecule has 3 aromatic rings. The molecule has 0 saturated carbocycles. The highest BCUT2D eigenvalue weighted by molar-refractivity contribution is 14.1. The monoisotopic (exact) mass is 724 g/mol. The Morgan fingerprint density at radius 3 is 2.59 bits per heavy atom. The van der Waals surface area contributed by atoms with E-state index in [2.05, 4.69) is 50.1 Å². The van der Waals surface area contributed by atoms with Crippen LogP contribution in [0.1, 0.15) is 31.0 Å².